The number of halogens is 1. The molecule has 0 aliphatic rings. The number of hydrogen-bond donors (Lipinski definition) is 2. The molecule has 5 heteroatoms. The van der Waals surface area contributed by atoms with Gasteiger partial charge >= 0.3 is 0 Å². The molecule has 1 amide bonds. The summed E-state index contributed by atoms with van der Waals surface area (Å²) in [5.74, 6) is 0.377. The van der Waals surface area contributed by atoms with Crippen LogP contribution in [0.15, 0.2) is 16.6 Å². The summed E-state index contributed by atoms with van der Waals surface area (Å²) in [6, 6.07) is 3.69. The molecule has 3 N–H and O–H groups in total. The molecule has 0 bridgehead atoms. The summed E-state index contributed by atoms with van der Waals surface area (Å²) in [5.41, 5.74) is 6.81. The van der Waals surface area contributed by atoms with E-state index in [1.807, 2.05) is 13.0 Å². The Balaban J connectivity index is 3.09. The van der Waals surface area contributed by atoms with Crippen LogP contribution in [-0.4, -0.2) is 19.6 Å². The maximum absolute atomic E-state index is 11.2. The van der Waals surface area contributed by atoms with Crippen molar-refractivity contribution in [3.63, 3.8) is 0 Å². The smallest absolute Gasteiger partial charge is 0.238 e. The van der Waals surface area contributed by atoms with Gasteiger partial charge in [-0.1, -0.05) is 15.9 Å². The standard InChI is InChI=1S/C10H13BrN2O2/c1-6-3-7(11)4-8(15-2)10(6)13-9(14)5-12/h3-4H,5,12H2,1-2H3,(H,13,14). The van der Waals surface area contributed by atoms with Crippen molar-refractivity contribution in [2.75, 3.05) is 19.0 Å². The van der Waals surface area contributed by atoms with Crippen LogP contribution in [0, 0.1) is 6.92 Å². The van der Waals surface area contributed by atoms with Crippen molar-refractivity contribution in [2.45, 2.75) is 6.92 Å². The lowest BCUT2D eigenvalue weighted by Crippen LogP contribution is -2.22. The molecular formula is C10H13BrN2O2. The number of aryl methyl sites for hydroxylation is 1. The van der Waals surface area contributed by atoms with Gasteiger partial charge in [-0.05, 0) is 24.6 Å². The predicted molar refractivity (Wildman–Crippen MR) is 63.1 cm³/mol. The summed E-state index contributed by atoms with van der Waals surface area (Å²) < 4.78 is 6.07. The molecule has 0 atom stereocenters. The number of hydrogen-bond acceptors (Lipinski definition) is 3. The molecule has 1 aromatic carbocycles. The van der Waals surface area contributed by atoms with Crippen molar-refractivity contribution < 1.29 is 9.53 Å². The lowest BCUT2D eigenvalue weighted by atomic mass is 10.2. The third-order valence-electron chi connectivity index (χ3n) is 1.93. The Morgan fingerprint density at radius 3 is 2.80 bits per heavy atom. The van der Waals surface area contributed by atoms with Gasteiger partial charge in [-0.3, -0.25) is 4.79 Å². The Kier molecular flexibility index (Phi) is 4.11. The molecule has 0 saturated carbocycles. The van der Waals surface area contributed by atoms with E-state index in [1.165, 1.54) is 0 Å². The van der Waals surface area contributed by atoms with Gasteiger partial charge < -0.3 is 15.8 Å². The molecule has 1 rings (SSSR count). The van der Waals surface area contributed by atoms with Crippen molar-refractivity contribution >= 4 is 27.5 Å². The molecule has 0 unspecified atom stereocenters. The summed E-state index contributed by atoms with van der Waals surface area (Å²) in [5, 5.41) is 2.70. The predicted octanol–water partition coefficient (Wildman–Crippen LogP) is 1.66. The van der Waals surface area contributed by atoms with Crippen LogP contribution in [0.4, 0.5) is 5.69 Å². The number of methoxy groups -OCH3 is 1. The molecule has 0 aromatic heterocycles. The van der Waals surface area contributed by atoms with Crippen LogP contribution >= 0.6 is 15.9 Å². The van der Waals surface area contributed by atoms with Crippen molar-refractivity contribution in [1.29, 1.82) is 0 Å². The normalized spacial score (nSPS) is 9.87. The van der Waals surface area contributed by atoms with Gasteiger partial charge in [-0.15, -0.1) is 0 Å². The van der Waals surface area contributed by atoms with Crippen molar-refractivity contribution in [3.8, 4) is 5.75 Å². The van der Waals surface area contributed by atoms with Gasteiger partial charge in [0, 0.05) is 4.47 Å². The molecular weight excluding hydrogens is 260 g/mol. The van der Waals surface area contributed by atoms with Crippen molar-refractivity contribution in [3.05, 3.63) is 22.2 Å². The number of carbonyl (C=O) groups is 1. The zero-order valence-corrected chi connectivity index (χ0v) is 10.2. The van der Waals surface area contributed by atoms with Gasteiger partial charge in [0.15, 0.2) is 0 Å². The minimum Gasteiger partial charge on any atom is -0.495 e. The minimum absolute atomic E-state index is 0.0430. The fraction of sp³-hybridized carbons (Fsp3) is 0.300. The summed E-state index contributed by atoms with van der Waals surface area (Å²) in [4.78, 5) is 11.2. The first-order chi connectivity index (χ1) is 7.08. The Labute approximate surface area is 96.9 Å². The van der Waals surface area contributed by atoms with Crippen LogP contribution in [0.2, 0.25) is 0 Å². The highest BCUT2D eigenvalue weighted by atomic mass is 79.9. The number of nitrogens with one attached hydrogen (secondary N) is 1. The Hall–Kier alpha value is -1.07. The highest BCUT2D eigenvalue weighted by Gasteiger charge is 2.10. The molecule has 0 spiro atoms. The highest BCUT2D eigenvalue weighted by molar-refractivity contribution is 9.10. The zero-order valence-electron chi connectivity index (χ0n) is 8.63. The SMILES string of the molecule is COc1cc(Br)cc(C)c1NC(=O)CN. The van der Waals surface area contributed by atoms with Crippen LogP contribution < -0.4 is 15.8 Å². The number of anilines is 1. The monoisotopic (exact) mass is 272 g/mol. The summed E-state index contributed by atoms with van der Waals surface area (Å²) in [7, 11) is 1.55. The second kappa shape index (κ2) is 5.14. The lowest BCUT2D eigenvalue weighted by Gasteiger charge is -2.12. The second-order valence-electron chi connectivity index (χ2n) is 3.05. The average molecular weight is 273 g/mol. The van der Waals surface area contributed by atoms with E-state index in [0.717, 1.165) is 10.0 Å². The largest absolute Gasteiger partial charge is 0.495 e. The first kappa shape index (κ1) is 12.0. The van der Waals surface area contributed by atoms with Gasteiger partial charge in [0.1, 0.15) is 5.75 Å². The van der Waals surface area contributed by atoms with E-state index < -0.39 is 0 Å². The van der Waals surface area contributed by atoms with E-state index in [-0.39, 0.29) is 12.5 Å². The number of benzene rings is 1. The average Bonchev–Trinajstić information content (AvgIpc) is 2.21. The summed E-state index contributed by atoms with van der Waals surface area (Å²) in [6.07, 6.45) is 0. The molecule has 4 nitrogen and oxygen atoms in total. The summed E-state index contributed by atoms with van der Waals surface area (Å²) >= 11 is 3.35. The molecule has 0 fully saturated rings. The van der Waals surface area contributed by atoms with Gasteiger partial charge in [0.2, 0.25) is 5.91 Å². The number of carbonyl (C=O) groups excluding carboxylic acids is 1. The fourth-order valence-corrected chi connectivity index (χ4v) is 1.78. The molecule has 0 aliphatic carbocycles. The first-order valence-electron chi connectivity index (χ1n) is 4.42. The van der Waals surface area contributed by atoms with E-state index in [0.29, 0.717) is 11.4 Å². The van der Waals surface area contributed by atoms with Crippen molar-refractivity contribution in [2.24, 2.45) is 5.73 Å². The topological polar surface area (TPSA) is 64.3 Å². The van der Waals surface area contributed by atoms with Crippen LogP contribution in [0.25, 0.3) is 0 Å². The second-order valence-corrected chi connectivity index (χ2v) is 3.97. The van der Waals surface area contributed by atoms with E-state index in [4.69, 9.17) is 10.5 Å². The van der Waals surface area contributed by atoms with Crippen molar-refractivity contribution in [1.82, 2.24) is 0 Å². The van der Waals surface area contributed by atoms with Crippen LogP contribution in [0.3, 0.4) is 0 Å². The Morgan fingerprint density at radius 1 is 1.60 bits per heavy atom. The van der Waals surface area contributed by atoms with Crippen LogP contribution in [0.1, 0.15) is 5.56 Å². The van der Waals surface area contributed by atoms with Crippen LogP contribution in [0.5, 0.6) is 5.75 Å². The Bertz CT molecular complexity index is 380. The zero-order chi connectivity index (χ0) is 11.4. The summed E-state index contributed by atoms with van der Waals surface area (Å²) in [6.45, 7) is 1.85. The maximum atomic E-state index is 11.2. The van der Waals surface area contributed by atoms with Gasteiger partial charge in [0.25, 0.3) is 0 Å². The third kappa shape index (κ3) is 2.94. The molecule has 15 heavy (non-hydrogen) atoms. The highest BCUT2D eigenvalue weighted by Crippen LogP contribution is 2.31. The minimum atomic E-state index is -0.237. The molecule has 0 saturated heterocycles. The van der Waals surface area contributed by atoms with Gasteiger partial charge in [-0.25, -0.2) is 0 Å². The number of ether oxygens (including phenoxy) is 1. The molecule has 82 valence electrons. The molecule has 0 aliphatic heterocycles. The van der Waals surface area contributed by atoms with Crippen LogP contribution in [-0.2, 0) is 4.79 Å². The van der Waals surface area contributed by atoms with Gasteiger partial charge in [-0.2, -0.15) is 0 Å². The maximum Gasteiger partial charge on any atom is 0.238 e. The van der Waals surface area contributed by atoms with E-state index in [2.05, 4.69) is 21.2 Å². The van der Waals surface area contributed by atoms with E-state index in [1.54, 1.807) is 13.2 Å². The lowest BCUT2D eigenvalue weighted by molar-refractivity contribution is -0.114. The number of amides is 1. The fourth-order valence-electron chi connectivity index (χ4n) is 1.22. The number of nitrogens with two attached hydrogens (primary N) is 1. The molecule has 0 heterocycles. The Morgan fingerprint density at radius 2 is 2.27 bits per heavy atom. The third-order valence-corrected chi connectivity index (χ3v) is 2.39. The number of rotatable bonds is 3. The van der Waals surface area contributed by atoms with E-state index in [9.17, 15) is 4.79 Å². The van der Waals surface area contributed by atoms with E-state index >= 15 is 0 Å². The molecule has 0 radical (unpaired) electrons. The molecule has 1 aromatic rings. The quantitative estimate of drug-likeness (QED) is 0.880. The first-order valence-corrected chi connectivity index (χ1v) is 5.21. The van der Waals surface area contributed by atoms with Gasteiger partial charge in [0.05, 0.1) is 19.3 Å².